The van der Waals surface area contributed by atoms with E-state index in [0.29, 0.717) is 18.6 Å². The topological polar surface area (TPSA) is 30.5 Å². The summed E-state index contributed by atoms with van der Waals surface area (Å²) in [4.78, 5) is 0. The fourth-order valence-corrected chi connectivity index (χ4v) is 1.77. The monoisotopic (exact) mass is 263 g/mol. The highest BCUT2D eigenvalue weighted by Crippen LogP contribution is 2.12. The minimum atomic E-state index is 0.377. The van der Waals surface area contributed by atoms with Gasteiger partial charge in [-0.1, -0.05) is 38.6 Å². The summed E-state index contributed by atoms with van der Waals surface area (Å²) in [5.74, 6) is 1.43. The third-order valence-corrected chi connectivity index (χ3v) is 3.01. The molecule has 0 heterocycles. The number of hydrogen-bond donors (Lipinski definition) is 1. The normalized spacial score (nSPS) is 12.4. The van der Waals surface area contributed by atoms with Crippen molar-refractivity contribution in [1.29, 1.82) is 0 Å². The molecule has 1 atom stereocenters. The quantitative estimate of drug-likeness (QED) is 0.695. The molecular formula is C16H25NO2. The SMILES string of the molecule is C=CCOc1ccc(CNC(COC)C(C)C)cc1. The fraction of sp³-hybridized carbons (Fsp3) is 0.500. The Labute approximate surface area is 116 Å². The maximum absolute atomic E-state index is 5.45. The van der Waals surface area contributed by atoms with Crippen molar-refractivity contribution < 1.29 is 9.47 Å². The second-order valence-electron chi connectivity index (χ2n) is 4.93. The van der Waals surface area contributed by atoms with Crippen LogP contribution < -0.4 is 10.1 Å². The fourth-order valence-electron chi connectivity index (χ4n) is 1.77. The molecule has 0 saturated carbocycles. The molecule has 0 radical (unpaired) electrons. The molecule has 0 bridgehead atoms. The molecule has 0 aliphatic rings. The summed E-state index contributed by atoms with van der Waals surface area (Å²) >= 11 is 0. The number of benzene rings is 1. The van der Waals surface area contributed by atoms with Gasteiger partial charge in [0.15, 0.2) is 0 Å². The summed E-state index contributed by atoms with van der Waals surface area (Å²) in [6, 6.07) is 8.51. The van der Waals surface area contributed by atoms with Gasteiger partial charge in [-0.2, -0.15) is 0 Å². The molecule has 1 unspecified atom stereocenters. The molecule has 3 nitrogen and oxygen atoms in total. The van der Waals surface area contributed by atoms with Crippen LogP contribution in [-0.4, -0.2) is 26.4 Å². The lowest BCUT2D eigenvalue weighted by Gasteiger charge is -2.21. The standard InChI is InChI=1S/C16H25NO2/c1-5-10-19-15-8-6-14(7-9-15)11-17-16(12-18-4)13(2)3/h5-9,13,16-17H,1,10-12H2,2-4H3. The van der Waals surface area contributed by atoms with Crippen molar-refractivity contribution >= 4 is 0 Å². The van der Waals surface area contributed by atoms with Gasteiger partial charge in [0.2, 0.25) is 0 Å². The molecule has 0 aliphatic heterocycles. The molecule has 0 fully saturated rings. The van der Waals surface area contributed by atoms with Gasteiger partial charge in [0, 0.05) is 19.7 Å². The van der Waals surface area contributed by atoms with E-state index < -0.39 is 0 Å². The molecule has 0 spiro atoms. The Hall–Kier alpha value is -1.32. The average molecular weight is 263 g/mol. The molecule has 1 aromatic carbocycles. The van der Waals surface area contributed by atoms with Crippen molar-refractivity contribution in [3.8, 4) is 5.75 Å². The third-order valence-electron chi connectivity index (χ3n) is 3.01. The van der Waals surface area contributed by atoms with Gasteiger partial charge < -0.3 is 14.8 Å². The van der Waals surface area contributed by atoms with E-state index in [0.717, 1.165) is 18.9 Å². The zero-order valence-electron chi connectivity index (χ0n) is 12.2. The van der Waals surface area contributed by atoms with Crippen LogP contribution in [0.4, 0.5) is 0 Å². The Morgan fingerprint density at radius 2 is 1.95 bits per heavy atom. The third kappa shape index (κ3) is 5.90. The second-order valence-corrected chi connectivity index (χ2v) is 4.93. The molecular weight excluding hydrogens is 238 g/mol. The van der Waals surface area contributed by atoms with Gasteiger partial charge in [0.05, 0.1) is 6.61 Å². The zero-order valence-corrected chi connectivity index (χ0v) is 12.2. The Kier molecular flexibility index (Phi) is 7.23. The average Bonchev–Trinajstić information content (AvgIpc) is 2.42. The van der Waals surface area contributed by atoms with Gasteiger partial charge >= 0.3 is 0 Å². The van der Waals surface area contributed by atoms with E-state index in [2.05, 4.69) is 37.9 Å². The summed E-state index contributed by atoms with van der Waals surface area (Å²) in [7, 11) is 1.74. The molecule has 1 rings (SSSR count). The smallest absolute Gasteiger partial charge is 0.119 e. The van der Waals surface area contributed by atoms with E-state index in [1.165, 1.54) is 5.56 Å². The van der Waals surface area contributed by atoms with Crippen molar-refractivity contribution in [2.45, 2.75) is 26.4 Å². The van der Waals surface area contributed by atoms with Crippen molar-refractivity contribution in [2.75, 3.05) is 20.3 Å². The molecule has 1 N–H and O–H groups in total. The summed E-state index contributed by atoms with van der Waals surface area (Å²) in [6.07, 6.45) is 1.74. The number of nitrogens with one attached hydrogen (secondary N) is 1. The minimum Gasteiger partial charge on any atom is -0.490 e. The minimum absolute atomic E-state index is 0.377. The predicted octanol–water partition coefficient (Wildman–Crippen LogP) is 3.01. The number of ether oxygens (including phenoxy) is 2. The van der Waals surface area contributed by atoms with Crippen molar-refractivity contribution in [2.24, 2.45) is 5.92 Å². The molecule has 0 saturated heterocycles. The lowest BCUT2D eigenvalue weighted by Crippen LogP contribution is -2.37. The van der Waals surface area contributed by atoms with Gasteiger partial charge in [0.1, 0.15) is 12.4 Å². The van der Waals surface area contributed by atoms with Crippen LogP contribution in [0.1, 0.15) is 19.4 Å². The van der Waals surface area contributed by atoms with Crippen molar-refractivity contribution in [1.82, 2.24) is 5.32 Å². The summed E-state index contributed by atoms with van der Waals surface area (Å²) in [5, 5.41) is 3.52. The Morgan fingerprint density at radius 1 is 1.26 bits per heavy atom. The van der Waals surface area contributed by atoms with Crippen LogP contribution in [0.15, 0.2) is 36.9 Å². The van der Waals surface area contributed by atoms with Crippen LogP contribution in [0, 0.1) is 5.92 Å². The maximum atomic E-state index is 5.45. The first kappa shape index (κ1) is 15.7. The van der Waals surface area contributed by atoms with Crippen LogP contribution in [0.25, 0.3) is 0 Å². The molecule has 0 amide bonds. The summed E-state index contributed by atoms with van der Waals surface area (Å²) in [5.41, 5.74) is 1.24. The van der Waals surface area contributed by atoms with Crippen LogP contribution >= 0.6 is 0 Å². The number of rotatable bonds is 9. The van der Waals surface area contributed by atoms with Crippen LogP contribution in [0.5, 0.6) is 5.75 Å². The van der Waals surface area contributed by atoms with E-state index >= 15 is 0 Å². The largest absolute Gasteiger partial charge is 0.490 e. The van der Waals surface area contributed by atoms with Crippen LogP contribution in [0.3, 0.4) is 0 Å². The molecule has 106 valence electrons. The van der Waals surface area contributed by atoms with E-state index in [1.54, 1.807) is 13.2 Å². The Balaban J connectivity index is 2.45. The van der Waals surface area contributed by atoms with E-state index in [-0.39, 0.29) is 0 Å². The molecule has 3 heteroatoms. The van der Waals surface area contributed by atoms with Crippen molar-refractivity contribution in [3.63, 3.8) is 0 Å². The van der Waals surface area contributed by atoms with Crippen LogP contribution in [0.2, 0.25) is 0 Å². The van der Waals surface area contributed by atoms with Gasteiger partial charge in [-0.15, -0.1) is 0 Å². The first-order valence-corrected chi connectivity index (χ1v) is 6.72. The van der Waals surface area contributed by atoms with E-state index in [4.69, 9.17) is 9.47 Å². The number of hydrogen-bond acceptors (Lipinski definition) is 3. The van der Waals surface area contributed by atoms with Gasteiger partial charge in [0.25, 0.3) is 0 Å². The molecule has 1 aromatic rings. The van der Waals surface area contributed by atoms with Gasteiger partial charge in [-0.25, -0.2) is 0 Å². The molecule has 0 aromatic heterocycles. The Bertz CT molecular complexity index is 360. The lowest BCUT2D eigenvalue weighted by atomic mass is 10.0. The number of methoxy groups -OCH3 is 1. The van der Waals surface area contributed by atoms with Crippen LogP contribution in [-0.2, 0) is 11.3 Å². The summed E-state index contributed by atoms with van der Waals surface area (Å²) < 4.78 is 10.7. The highest BCUT2D eigenvalue weighted by molar-refractivity contribution is 5.27. The first-order valence-electron chi connectivity index (χ1n) is 6.72. The van der Waals surface area contributed by atoms with E-state index in [9.17, 15) is 0 Å². The second kappa shape index (κ2) is 8.73. The van der Waals surface area contributed by atoms with E-state index in [1.807, 2.05) is 12.1 Å². The molecule has 0 aliphatic carbocycles. The molecule has 19 heavy (non-hydrogen) atoms. The highest BCUT2D eigenvalue weighted by Gasteiger charge is 2.11. The lowest BCUT2D eigenvalue weighted by molar-refractivity contribution is 0.146. The van der Waals surface area contributed by atoms with Gasteiger partial charge in [-0.05, 0) is 23.6 Å². The Morgan fingerprint density at radius 3 is 2.47 bits per heavy atom. The van der Waals surface area contributed by atoms with Gasteiger partial charge in [-0.3, -0.25) is 0 Å². The summed E-state index contributed by atoms with van der Waals surface area (Å²) in [6.45, 7) is 10.1. The predicted molar refractivity (Wildman–Crippen MR) is 79.5 cm³/mol. The first-order chi connectivity index (χ1) is 9.17. The maximum Gasteiger partial charge on any atom is 0.119 e. The van der Waals surface area contributed by atoms with Crippen molar-refractivity contribution in [3.05, 3.63) is 42.5 Å². The zero-order chi connectivity index (χ0) is 14.1. The highest BCUT2D eigenvalue weighted by atomic mass is 16.5.